The molecule has 3 aromatic rings. The second-order valence-corrected chi connectivity index (χ2v) is 5.77. The average Bonchev–Trinajstić information content (AvgIpc) is 3.06. The van der Waals surface area contributed by atoms with Gasteiger partial charge in [-0.15, -0.1) is 0 Å². The van der Waals surface area contributed by atoms with Crippen molar-refractivity contribution in [1.29, 1.82) is 0 Å². The Kier molecular flexibility index (Phi) is 5.20. The third-order valence-corrected chi connectivity index (χ3v) is 3.67. The van der Waals surface area contributed by atoms with Crippen molar-refractivity contribution >= 4 is 34.6 Å². The van der Waals surface area contributed by atoms with Crippen LogP contribution in [0.15, 0.2) is 47.0 Å². The highest BCUT2D eigenvalue weighted by atomic mass is 35.5. The van der Waals surface area contributed by atoms with Gasteiger partial charge < -0.3 is 15.2 Å². The zero-order valence-corrected chi connectivity index (χ0v) is 14.2. The lowest BCUT2D eigenvalue weighted by atomic mass is 10.2. The van der Waals surface area contributed by atoms with Gasteiger partial charge in [0.15, 0.2) is 5.11 Å². The molecule has 9 heteroatoms. The van der Waals surface area contributed by atoms with Crippen molar-refractivity contribution < 1.29 is 13.3 Å². The van der Waals surface area contributed by atoms with E-state index in [0.29, 0.717) is 10.8 Å². The lowest BCUT2D eigenvalue weighted by molar-refractivity contribution is 0.376. The summed E-state index contributed by atoms with van der Waals surface area (Å²) in [6.07, 6.45) is 0. The van der Waals surface area contributed by atoms with Crippen molar-refractivity contribution in [3.8, 4) is 11.4 Å². The molecule has 128 valence electrons. The van der Waals surface area contributed by atoms with Crippen LogP contribution in [0.5, 0.6) is 0 Å². The molecule has 2 N–H and O–H groups in total. The molecule has 2 aromatic carbocycles. The summed E-state index contributed by atoms with van der Waals surface area (Å²) in [5, 5.41) is 9.68. The molecule has 25 heavy (non-hydrogen) atoms. The highest BCUT2D eigenvalue weighted by molar-refractivity contribution is 7.80. The number of aromatic nitrogens is 2. The van der Waals surface area contributed by atoms with Gasteiger partial charge in [0.25, 0.3) is 0 Å². The number of hydrogen-bond donors (Lipinski definition) is 2. The number of hydrogen-bond acceptors (Lipinski definition) is 4. The average molecular weight is 381 g/mol. The van der Waals surface area contributed by atoms with Gasteiger partial charge >= 0.3 is 0 Å². The van der Waals surface area contributed by atoms with E-state index in [2.05, 4.69) is 20.8 Å². The van der Waals surface area contributed by atoms with E-state index in [4.69, 9.17) is 28.3 Å². The van der Waals surface area contributed by atoms with E-state index in [1.807, 2.05) is 0 Å². The fraction of sp³-hybridized carbons (Fsp3) is 0.0625. The Balaban J connectivity index is 1.60. The standard InChI is InChI=1S/C16H11ClF2N4OS/c17-10-6-4-9(5-7-10)15-21-13(24-23-15)8-20-16(25)22-14-11(18)2-1-3-12(14)19/h1-7H,8H2,(H2,20,22,25). The monoisotopic (exact) mass is 380 g/mol. The number of benzene rings is 2. The number of thiocarbonyl (C=S) groups is 1. The van der Waals surface area contributed by atoms with Crippen LogP contribution in [0.1, 0.15) is 5.89 Å². The lowest BCUT2D eigenvalue weighted by Crippen LogP contribution is -2.28. The van der Waals surface area contributed by atoms with Gasteiger partial charge in [-0.2, -0.15) is 4.98 Å². The fourth-order valence-electron chi connectivity index (χ4n) is 1.97. The Morgan fingerprint density at radius 3 is 2.48 bits per heavy atom. The first-order valence-corrected chi connectivity index (χ1v) is 7.89. The van der Waals surface area contributed by atoms with Crippen LogP contribution < -0.4 is 10.6 Å². The molecule has 0 fully saturated rings. The first kappa shape index (κ1) is 17.2. The summed E-state index contributed by atoms with van der Waals surface area (Å²) in [5.74, 6) is -0.825. The van der Waals surface area contributed by atoms with Crippen molar-refractivity contribution in [3.05, 3.63) is 65.0 Å². The fourth-order valence-corrected chi connectivity index (χ4v) is 2.27. The molecule has 0 unspecified atom stereocenters. The van der Waals surface area contributed by atoms with Crippen molar-refractivity contribution in [3.63, 3.8) is 0 Å². The number of halogens is 3. The molecule has 1 aromatic heterocycles. The molecule has 0 bridgehead atoms. The second kappa shape index (κ2) is 7.54. The Bertz CT molecular complexity index is 881. The van der Waals surface area contributed by atoms with Crippen LogP contribution >= 0.6 is 23.8 Å². The van der Waals surface area contributed by atoms with E-state index < -0.39 is 11.6 Å². The minimum Gasteiger partial charge on any atom is -0.353 e. The second-order valence-electron chi connectivity index (χ2n) is 4.92. The van der Waals surface area contributed by atoms with Gasteiger partial charge in [0.2, 0.25) is 11.7 Å². The van der Waals surface area contributed by atoms with Gasteiger partial charge in [-0.3, -0.25) is 0 Å². The minimum absolute atomic E-state index is 0.0234. The first-order valence-electron chi connectivity index (χ1n) is 7.10. The minimum atomic E-state index is -0.744. The summed E-state index contributed by atoms with van der Waals surface area (Å²) in [4.78, 5) is 4.21. The third kappa shape index (κ3) is 4.28. The molecule has 0 amide bonds. The van der Waals surface area contributed by atoms with E-state index in [1.165, 1.54) is 6.07 Å². The van der Waals surface area contributed by atoms with E-state index in [9.17, 15) is 8.78 Å². The van der Waals surface area contributed by atoms with Crippen LogP contribution in [-0.2, 0) is 6.54 Å². The van der Waals surface area contributed by atoms with Gasteiger partial charge in [0.05, 0.1) is 6.54 Å². The first-order chi connectivity index (χ1) is 12.0. The third-order valence-electron chi connectivity index (χ3n) is 3.17. The van der Waals surface area contributed by atoms with Crippen molar-refractivity contribution in [1.82, 2.24) is 15.5 Å². The molecule has 1 heterocycles. The summed E-state index contributed by atoms with van der Waals surface area (Å²) >= 11 is 10.8. The molecule has 0 radical (unpaired) electrons. The SMILES string of the molecule is Fc1cccc(F)c1NC(=S)NCc1nc(-c2ccc(Cl)cc2)no1. The lowest BCUT2D eigenvalue weighted by Gasteiger charge is -2.10. The van der Waals surface area contributed by atoms with Crippen molar-refractivity contribution in [2.75, 3.05) is 5.32 Å². The Labute approximate surface area is 152 Å². The topological polar surface area (TPSA) is 63.0 Å². The van der Waals surface area contributed by atoms with E-state index >= 15 is 0 Å². The smallest absolute Gasteiger partial charge is 0.246 e. The normalized spacial score (nSPS) is 10.5. The van der Waals surface area contributed by atoms with E-state index in [-0.39, 0.29) is 23.2 Å². The van der Waals surface area contributed by atoms with Gasteiger partial charge in [-0.1, -0.05) is 22.8 Å². The Morgan fingerprint density at radius 1 is 1.12 bits per heavy atom. The predicted molar refractivity (Wildman–Crippen MR) is 94.2 cm³/mol. The van der Waals surface area contributed by atoms with E-state index in [0.717, 1.165) is 17.7 Å². The molecular formula is C16H11ClF2N4OS. The summed E-state index contributed by atoms with van der Waals surface area (Å²) in [5.41, 5.74) is 0.418. The molecule has 0 aliphatic rings. The molecule has 0 atom stereocenters. The maximum atomic E-state index is 13.6. The maximum Gasteiger partial charge on any atom is 0.246 e. The quantitative estimate of drug-likeness (QED) is 0.663. The largest absolute Gasteiger partial charge is 0.353 e. The van der Waals surface area contributed by atoms with Crippen LogP contribution in [-0.4, -0.2) is 15.3 Å². The van der Waals surface area contributed by atoms with Crippen molar-refractivity contribution in [2.45, 2.75) is 6.54 Å². The van der Waals surface area contributed by atoms with Gasteiger partial charge in [0.1, 0.15) is 17.3 Å². The highest BCUT2D eigenvalue weighted by Crippen LogP contribution is 2.19. The Morgan fingerprint density at radius 2 is 1.80 bits per heavy atom. The van der Waals surface area contributed by atoms with Crippen LogP contribution in [0.4, 0.5) is 14.5 Å². The van der Waals surface area contributed by atoms with Gasteiger partial charge in [-0.25, -0.2) is 8.78 Å². The summed E-state index contributed by atoms with van der Waals surface area (Å²) in [7, 11) is 0. The molecule has 0 spiro atoms. The van der Waals surface area contributed by atoms with Crippen LogP contribution in [0.25, 0.3) is 11.4 Å². The van der Waals surface area contributed by atoms with Crippen LogP contribution in [0, 0.1) is 11.6 Å². The van der Waals surface area contributed by atoms with Crippen LogP contribution in [0.2, 0.25) is 5.02 Å². The number of rotatable bonds is 4. The summed E-state index contributed by atoms with van der Waals surface area (Å²) in [6, 6.07) is 10.5. The molecular weight excluding hydrogens is 370 g/mol. The molecule has 0 aliphatic carbocycles. The number of nitrogens with zero attached hydrogens (tertiary/aromatic N) is 2. The zero-order valence-electron chi connectivity index (χ0n) is 12.6. The Hall–Kier alpha value is -2.58. The van der Waals surface area contributed by atoms with Gasteiger partial charge in [-0.05, 0) is 48.6 Å². The van der Waals surface area contributed by atoms with E-state index in [1.54, 1.807) is 24.3 Å². The molecule has 0 saturated carbocycles. The predicted octanol–water partition coefficient (Wildman–Crippen LogP) is 4.15. The molecule has 0 saturated heterocycles. The number of nitrogens with one attached hydrogen (secondary N) is 2. The molecule has 5 nitrogen and oxygen atoms in total. The van der Waals surface area contributed by atoms with Crippen LogP contribution in [0.3, 0.4) is 0 Å². The maximum absolute atomic E-state index is 13.6. The summed E-state index contributed by atoms with van der Waals surface area (Å²) in [6.45, 7) is 0.0997. The van der Waals surface area contributed by atoms with Gasteiger partial charge in [0, 0.05) is 10.6 Å². The molecule has 3 rings (SSSR count). The highest BCUT2D eigenvalue weighted by Gasteiger charge is 2.12. The zero-order chi connectivity index (χ0) is 17.8. The summed E-state index contributed by atoms with van der Waals surface area (Å²) < 4.78 is 32.2. The van der Waals surface area contributed by atoms with Crippen molar-refractivity contribution in [2.24, 2.45) is 0 Å². The number of anilines is 1. The molecule has 0 aliphatic heterocycles. The number of para-hydroxylation sites is 1.